The Morgan fingerprint density at radius 1 is 0.368 bits per heavy atom. The minimum atomic E-state index is 0. The largest absolute Gasteiger partial charge is 1.00 e. The van der Waals surface area contributed by atoms with E-state index in [-0.39, 0.29) is 34.0 Å². The molecule has 0 saturated carbocycles. The number of rotatable bonds is 28. The second kappa shape index (κ2) is 29.3. The zero-order valence-corrected chi connectivity index (χ0v) is 30.7. The fraction of sp³-hybridized carbons (Fsp3) is 1.00. The quantitative estimate of drug-likeness (QED) is 0.0915. The molecule has 0 rings (SSSR count). The number of quaternary nitrogens is 2. The molecule has 3 nitrogen and oxygen atoms in total. The van der Waals surface area contributed by atoms with Crippen LogP contribution in [0.5, 0.6) is 0 Å². The van der Waals surface area contributed by atoms with Crippen molar-refractivity contribution in [3.8, 4) is 0 Å². The number of halogens is 2. The molecule has 0 radical (unpaired) electrons. The van der Waals surface area contributed by atoms with E-state index in [0.29, 0.717) is 0 Å². The van der Waals surface area contributed by atoms with Crippen LogP contribution >= 0.6 is 0 Å². The van der Waals surface area contributed by atoms with Crippen LogP contribution in [0, 0.1) is 0 Å². The fourth-order valence-electron chi connectivity index (χ4n) is 5.27. The molecule has 0 aromatic rings. The maximum absolute atomic E-state index is 2.58. The molecule has 0 amide bonds. The Morgan fingerprint density at radius 3 is 0.868 bits per heavy atom. The number of hydrogen-bond acceptors (Lipinski definition) is 1. The Labute approximate surface area is 263 Å². The summed E-state index contributed by atoms with van der Waals surface area (Å²) in [6.07, 6.45) is 28.7. The maximum atomic E-state index is 2.58. The summed E-state index contributed by atoms with van der Waals surface area (Å²) in [7, 11) is 12.1. The highest BCUT2D eigenvalue weighted by molar-refractivity contribution is 4.53. The molecule has 0 aliphatic carbocycles. The molecule has 0 atom stereocenters. The van der Waals surface area contributed by atoms with Gasteiger partial charge in [-0.05, 0) is 32.7 Å². The Balaban J connectivity index is -0.00000612. The molecular formula is C33H73Br2N3. The van der Waals surface area contributed by atoms with Crippen molar-refractivity contribution in [1.29, 1.82) is 0 Å². The molecule has 234 valence electrons. The maximum Gasteiger partial charge on any atom is 0.0911 e. The summed E-state index contributed by atoms with van der Waals surface area (Å²) < 4.78 is 2.36. The van der Waals surface area contributed by atoms with Gasteiger partial charge >= 0.3 is 0 Å². The van der Waals surface area contributed by atoms with Crippen LogP contribution in [0.3, 0.4) is 0 Å². The van der Waals surface area contributed by atoms with Crippen molar-refractivity contribution < 1.29 is 42.9 Å². The van der Waals surface area contributed by atoms with Crippen LogP contribution in [0.2, 0.25) is 0 Å². The summed E-state index contributed by atoms with van der Waals surface area (Å²) in [6.45, 7) is 12.3. The van der Waals surface area contributed by atoms with E-state index in [1.165, 1.54) is 177 Å². The van der Waals surface area contributed by atoms with Gasteiger partial charge in [0, 0.05) is 13.1 Å². The minimum Gasteiger partial charge on any atom is -1.00 e. The zero-order chi connectivity index (χ0) is 27.0. The topological polar surface area (TPSA) is 3.24 Å². The Morgan fingerprint density at radius 2 is 0.605 bits per heavy atom. The lowest BCUT2D eigenvalue weighted by Crippen LogP contribution is -3.00. The summed E-state index contributed by atoms with van der Waals surface area (Å²) in [6, 6.07) is 0. The van der Waals surface area contributed by atoms with E-state index < -0.39 is 0 Å². The van der Waals surface area contributed by atoms with Crippen molar-refractivity contribution in [2.24, 2.45) is 0 Å². The van der Waals surface area contributed by atoms with Crippen molar-refractivity contribution in [1.82, 2.24) is 4.90 Å². The molecule has 0 heterocycles. The van der Waals surface area contributed by atoms with Crippen molar-refractivity contribution in [2.75, 3.05) is 74.5 Å². The van der Waals surface area contributed by atoms with Crippen molar-refractivity contribution in [3.63, 3.8) is 0 Å². The van der Waals surface area contributed by atoms with Gasteiger partial charge in [0.05, 0.1) is 54.4 Å². The SMILES string of the molecule is CCCCCCCCCCCC[N+](C)(C)CCN(C)CC[N+](C)(C)CCCCCCCCCCCC.[Br-].[Br-]. The molecule has 0 N–H and O–H groups in total. The van der Waals surface area contributed by atoms with Gasteiger partial charge in [0.1, 0.15) is 0 Å². The number of likely N-dealkylation sites (N-methyl/N-ethyl adjacent to an activating group) is 3. The third kappa shape index (κ3) is 31.4. The summed E-state index contributed by atoms with van der Waals surface area (Å²) in [5.41, 5.74) is 0. The van der Waals surface area contributed by atoms with E-state index in [2.05, 4.69) is 54.0 Å². The minimum absolute atomic E-state index is 0. The highest BCUT2D eigenvalue weighted by Gasteiger charge is 2.18. The molecule has 0 bridgehead atoms. The van der Waals surface area contributed by atoms with E-state index in [1.54, 1.807) is 0 Å². The first-order chi connectivity index (χ1) is 17.2. The average molecular weight is 672 g/mol. The van der Waals surface area contributed by atoms with Gasteiger partial charge in [-0.2, -0.15) is 0 Å². The van der Waals surface area contributed by atoms with Crippen LogP contribution in [0.4, 0.5) is 0 Å². The summed E-state index contributed by atoms with van der Waals surface area (Å²) in [5.74, 6) is 0. The van der Waals surface area contributed by atoms with Crippen LogP contribution in [0.1, 0.15) is 142 Å². The molecule has 0 fully saturated rings. The lowest BCUT2D eigenvalue weighted by atomic mass is 10.1. The first kappa shape index (κ1) is 43.3. The Kier molecular flexibility index (Phi) is 33.4. The summed E-state index contributed by atoms with van der Waals surface area (Å²) in [5, 5.41) is 0. The molecule has 0 unspecified atom stereocenters. The van der Waals surface area contributed by atoms with Crippen molar-refractivity contribution in [2.45, 2.75) is 142 Å². The van der Waals surface area contributed by atoms with Crippen LogP contribution in [-0.2, 0) is 0 Å². The first-order valence-corrected chi connectivity index (χ1v) is 16.5. The van der Waals surface area contributed by atoms with Crippen molar-refractivity contribution >= 4 is 0 Å². The van der Waals surface area contributed by atoms with Gasteiger partial charge in [-0.1, -0.05) is 117 Å². The summed E-state index contributed by atoms with van der Waals surface area (Å²) in [4.78, 5) is 2.58. The first-order valence-electron chi connectivity index (χ1n) is 16.5. The van der Waals surface area contributed by atoms with Crippen LogP contribution in [-0.4, -0.2) is 88.4 Å². The highest BCUT2D eigenvalue weighted by Crippen LogP contribution is 2.13. The highest BCUT2D eigenvalue weighted by atomic mass is 79.9. The second-order valence-electron chi connectivity index (χ2n) is 13.4. The molecule has 0 aromatic heterocycles. The van der Waals surface area contributed by atoms with Crippen LogP contribution in [0.25, 0.3) is 0 Å². The number of unbranched alkanes of at least 4 members (excludes halogenated alkanes) is 18. The number of nitrogens with zero attached hydrogens (tertiary/aromatic N) is 3. The molecular weight excluding hydrogens is 598 g/mol. The van der Waals surface area contributed by atoms with E-state index in [0.717, 1.165) is 0 Å². The van der Waals surface area contributed by atoms with E-state index in [4.69, 9.17) is 0 Å². The van der Waals surface area contributed by atoms with Gasteiger partial charge in [-0.25, -0.2) is 0 Å². The molecule has 0 saturated heterocycles. The van der Waals surface area contributed by atoms with Gasteiger partial charge in [-0.15, -0.1) is 0 Å². The molecule has 0 aliphatic rings. The average Bonchev–Trinajstić information content (AvgIpc) is 2.84. The molecule has 0 aromatic carbocycles. The Bertz CT molecular complexity index is 418. The standard InChI is InChI=1S/C33H73N3.2BrH/c1-8-10-12-14-16-18-20-22-24-26-30-35(4,5)32-28-34(3)29-33-36(6,7)31-27-25-23-21-19-17-15-13-11-9-2;;/h8-33H2,1-7H3;2*1H/q+2;;/p-2. The van der Waals surface area contributed by atoms with E-state index in [1.807, 2.05) is 0 Å². The van der Waals surface area contributed by atoms with Gasteiger partial charge < -0.3 is 42.9 Å². The molecule has 5 heteroatoms. The summed E-state index contributed by atoms with van der Waals surface area (Å²) >= 11 is 0. The molecule has 0 spiro atoms. The van der Waals surface area contributed by atoms with E-state index in [9.17, 15) is 0 Å². The van der Waals surface area contributed by atoms with Gasteiger partial charge in [-0.3, -0.25) is 4.90 Å². The monoisotopic (exact) mass is 669 g/mol. The Hall–Kier alpha value is 0.840. The predicted molar refractivity (Wildman–Crippen MR) is 165 cm³/mol. The number of hydrogen-bond donors (Lipinski definition) is 0. The normalized spacial score (nSPS) is 12.0. The van der Waals surface area contributed by atoms with Crippen LogP contribution in [0.15, 0.2) is 0 Å². The lowest BCUT2D eigenvalue weighted by molar-refractivity contribution is -0.892. The predicted octanol–water partition coefficient (Wildman–Crippen LogP) is 2.92. The van der Waals surface area contributed by atoms with E-state index >= 15 is 0 Å². The van der Waals surface area contributed by atoms with Gasteiger partial charge in [0.2, 0.25) is 0 Å². The molecule has 38 heavy (non-hydrogen) atoms. The third-order valence-corrected chi connectivity index (χ3v) is 8.41. The fourth-order valence-corrected chi connectivity index (χ4v) is 5.27. The van der Waals surface area contributed by atoms with Gasteiger partial charge in [0.15, 0.2) is 0 Å². The van der Waals surface area contributed by atoms with Gasteiger partial charge in [0.25, 0.3) is 0 Å². The second-order valence-corrected chi connectivity index (χ2v) is 13.4. The van der Waals surface area contributed by atoms with Crippen molar-refractivity contribution in [3.05, 3.63) is 0 Å². The third-order valence-electron chi connectivity index (χ3n) is 8.41. The smallest absolute Gasteiger partial charge is 0.0911 e. The lowest BCUT2D eigenvalue weighted by Gasteiger charge is -2.34. The molecule has 0 aliphatic heterocycles. The van der Waals surface area contributed by atoms with Crippen LogP contribution < -0.4 is 34.0 Å². The zero-order valence-electron chi connectivity index (χ0n) is 27.5.